The van der Waals surface area contributed by atoms with Gasteiger partial charge in [0.2, 0.25) is 5.91 Å². The summed E-state index contributed by atoms with van der Waals surface area (Å²) >= 11 is 0. The minimum atomic E-state index is -0.187. The van der Waals surface area contributed by atoms with Gasteiger partial charge in [-0.3, -0.25) is 14.6 Å². The third-order valence-corrected chi connectivity index (χ3v) is 5.85. The van der Waals surface area contributed by atoms with Crippen molar-refractivity contribution in [2.24, 2.45) is 0 Å². The largest absolute Gasteiger partial charge is 0.492 e. The van der Waals surface area contributed by atoms with Gasteiger partial charge in [0, 0.05) is 38.4 Å². The lowest BCUT2D eigenvalue weighted by Crippen LogP contribution is -2.53. The molecule has 172 valence electrons. The summed E-state index contributed by atoms with van der Waals surface area (Å²) in [6, 6.07) is 26.8. The molecule has 1 fully saturated rings. The number of nitrogens with zero attached hydrogens (tertiary/aromatic N) is 2. The fourth-order valence-corrected chi connectivity index (χ4v) is 3.83. The Hall–Kier alpha value is -3.35. The summed E-state index contributed by atoms with van der Waals surface area (Å²) in [7, 11) is 0. The molecule has 33 heavy (non-hydrogen) atoms. The highest BCUT2D eigenvalue weighted by Gasteiger charge is 2.25. The van der Waals surface area contributed by atoms with Crippen molar-refractivity contribution in [3.8, 4) is 17.2 Å². The number of amides is 1. The number of hydrogen-bond acceptors (Lipinski definition) is 5. The number of anilines is 1. The van der Waals surface area contributed by atoms with Crippen LogP contribution >= 0.6 is 0 Å². The topological polar surface area (TPSA) is 54.0 Å². The predicted octanol–water partition coefficient (Wildman–Crippen LogP) is 4.50. The van der Waals surface area contributed by atoms with Crippen molar-refractivity contribution in [1.29, 1.82) is 0 Å². The van der Waals surface area contributed by atoms with Crippen LogP contribution in [0, 0.1) is 0 Å². The zero-order valence-corrected chi connectivity index (χ0v) is 19.0. The molecule has 4 rings (SSSR count). The molecule has 1 atom stereocenters. The van der Waals surface area contributed by atoms with Crippen LogP contribution in [0.15, 0.2) is 84.9 Å². The fourth-order valence-electron chi connectivity index (χ4n) is 3.83. The summed E-state index contributed by atoms with van der Waals surface area (Å²) < 4.78 is 11.6. The fraction of sp³-hybridized carbons (Fsp3) is 0.296. The van der Waals surface area contributed by atoms with E-state index in [1.807, 2.05) is 91.9 Å². The van der Waals surface area contributed by atoms with Crippen LogP contribution in [0.4, 0.5) is 5.69 Å². The van der Waals surface area contributed by atoms with Gasteiger partial charge in [-0.15, -0.1) is 0 Å². The molecule has 1 aliphatic heterocycles. The van der Waals surface area contributed by atoms with Crippen LogP contribution in [0.2, 0.25) is 0 Å². The first-order valence-corrected chi connectivity index (χ1v) is 11.5. The Bertz CT molecular complexity index is 988. The second kappa shape index (κ2) is 11.5. The molecule has 0 aliphatic carbocycles. The third-order valence-electron chi connectivity index (χ3n) is 5.85. The van der Waals surface area contributed by atoms with Crippen LogP contribution in [0.1, 0.15) is 6.92 Å². The first-order chi connectivity index (χ1) is 16.2. The highest BCUT2D eigenvalue weighted by Crippen LogP contribution is 2.23. The van der Waals surface area contributed by atoms with Gasteiger partial charge in [0.15, 0.2) is 0 Å². The van der Waals surface area contributed by atoms with Crippen molar-refractivity contribution < 1.29 is 14.3 Å². The second-order valence-electron chi connectivity index (χ2n) is 8.14. The second-order valence-corrected chi connectivity index (χ2v) is 8.14. The van der Waals surface area contributed by atoms with Crippen LogP contribution in [-0.4, -0.2) is 61.1 Å². The number of piperazine rings is 1. The van der Waals surface area contributed by atoms with Crippen LogP contribution in [0.5, 0.6) is 17.2 Å². The average molecular weight is 446 g/mol. The lowest BCUT2D eigenvalue weighted by molar-refractivity contribution is -0.121. The minimum Gasteiger partial charge on any atom is -0.492 e. The standard InChI is InChI=1S/C27H31N3O3/c1-22(30-18-16-29(17-19-30)20-21-32-24-8-4-2-5-9-24)27(31)28-23-12-14-26(15-13-23)33-25-10-6-3-7-11-25/h2-15,22H,16-21H2,1H3,(H,28,31)/t22-/m0/s1. The Balaban J connectivity index is 1.18. The first kappa shape index (κ1) is 22.8. The summed E-state index contributed by atoms with van der Waals surface area (Å²) in [5, 5.41) is 3.02. The molecule has 0 aromatic heterocycles. The van der Waals surface area contributed by atoms with Crippen molar-refractivity contribution in [2.75, 3.05) is 44.6 Å². The van der Waals surface area contributed by atoms with E-state index in [2.05, 4.69) is 15.1 Å². The first-order valence-electron chi connectivity index (χ1n) is 11.5. The average Bonchev–Trinajstić information content (AvgIpc) is 2.86. The molecule has 0 spiro atoms. The molecule has 1 heterocycles. The maximum absolute atomic E-state index is 12.8. The lowest BCUT2D eigenvalue weighted by Gasteiger charge is -2.37. The molecule has 3 aromatic rings. The molecule has 6 nitrogen and oxygen atoms in total. The number of para-hydroxylation sites is 2. The van der Waals surface area contributed by atoms with E-state index in [0.717, 1.165) is 55.7 Å². The Morgan fingerprint density at radius 2 is 1.39 bits per heavy atom. The van der Waals surface area contributed by atoms with Crippen molar-refractivity contribution >= 4 is 11.6 Å². The van der Waals surface area contributed by atoms with Gasteiger partial charge in [-0.05, 0) is 55.5 Å². The third kappa shape index (κ3) is 6.81. The molecule has 0 saturated carbocycles. The molecule has 1 saturated heterocycles. The van der Waals surface area contributed by atoms with Crippen LogP contribution in [-0.2, 0) is 4.79 Å². The van der Waals surface area contributed by atoms with Gasteiger partial charge < -0.3 is 14.8 Å². The highest BCUT2D eigenvalue weighted by molar-refractivity contribution is 5.94. The Morgan fingerprint density at radius 3 is 2.03 bits per heavy atom. The summed E-state index contributed by atoms with van der Waals surface area (Å²) in [4.78, 5) is 17.4. The quantitative estimate of drug-likeness (QED) is 0.526. The highest BCUT2D eigenvalue weighted by atomic mass is 16.5. The summed E-state index contributed by atoms with van der Waals surface area (Å²) in [5.74, 6) is 2.43. The zero-order chi connectivity index (χ0) is 22.9. The molecule has 3 aromatic carbocycles. The van der Waals surface area contributed by atoms with Crippen molar-refractivity contribution in [1.82, 2.24) is 9.80 Å². The SMILES string of the molecule is C[C@@H](C(=O)Nc1ccc(Oc2ccccc2)cc1)N1CCN(CCOc2ccccc2)CC1. The van der Waals surface area contributed by atoms with E-state index in [9.17, 15) is 4.79 Å². The number of rotatable bonds is 9. The van der Waals surface area contributed by atoms with E-state index in [4.69, 9.17) is 9.47 Å². The van der Waals surface area contributed by atoms with Crippen LogP contribution < -0.4 is 14.8 Å². The smallest absolute Gasteiger partial charge is 0.241 e. The predicted molar refractivity (Wildman–Crippen MR) is 131 cm³/mol. The van der Waals surface area contributed by atoms with Crippen molar-refractivity contribution in [3.05, 3.63) is 84.9 Å². The number of benzene rings is 3. The Labute approximate surface area is 195 Å². The number of carbonyl (C=O) groups excluding carboxylic acids is 1. The van der Waals surface area contributed by atoms with Crippen LogP contribution in [0.25, 0.3) is 0 Å². The summed E-state index contributed by atoms with van der Waals surface area (Å²) in [6.45, 7) is 7.12. The number of nitrogens with one attached hydrogen (secondary N) is 1. The maximum atomic E-state index is 12.8. The zero-order valence-electron chi connectivity index (χ0n) is 19.0. The van der Waals surface area contributed by atoms with Gasteiger partial charge in [-0.1, -0.05) is 36.4 Å². The van der Waals surface area contributed by atoms with E-state index in [0.29, 0.717) is 6.61 Å². The van der Waals surface area contributed by atoms with E-state index >= 15 is 0 Å². The monoisotopic (exact) mass is 445 g/mol. The number of ether oxygens (including phenoxy) is 2. The van der Waals surface area contributed by atoms with E-state index in [1.165, 1.54) is 0 Å². The van der Waals surface area contributed by atoms with Crippen molar-refractivity contribution in [3.63, 3.8) is 0 Å². The normalized spacial score (nSPS) is 15.5. The molecule has 0 radical (unpaired) electrons. The van der Waals surface area contributed by atoms with Gasteiger partial charge in [-0.25, -0.2) is 0 Å². The molecule has 0 bridgehead atoms. The van der Waals surface area contributed by atoms with Gasteiger partial charge in [0.25, 0.3) is 0 Å². The Morgan fingerprint density at radius 1 is 0.818 bits per heavy atom. The molecule has 1 amide bonds. The maximum Gasteiger partial charge on any atom is 0.241 e. The van der Waals surface area contributed by atoms with Crippen LogP contribution in [0.3, 0.4) is 0 Å². The molecule has 0 unspecified atom stereocenters. The molecule has 6 heteroatoms. The van der Waals surface area contributed by atoms with Crippen molar-refractivity contribution in [2.45, 2.75) is 13.0 Å². The van der Waals surface area contributed by atoms with E-state index < -0.39 is 0 Å². The number of hydrogen-bond donors (Lipinski definition) is 1. The van der Waals surface area contributed by atoms with Gasteiger partial charge in [-0.2, -0.15) is 0 Å². The summed E-state index contributed by atoms with van der Waals surface area (Å²) in [6.07, 6.45) is 0. The number of carbonyl (C=O) groups is 1. The van der Waals surface area contributed by atoms with E-state index in [1.54, 1.807) is 0 Å². The molecule has 1 N–H and O–H groups in total. The van der Waals surface area contributed by atoms with Gasteiger partial charge in [0.1, 0.15) is 23.9 Å². The molecular formula is C27H31N3O3. The lowest BCUT2D eigenvalue weighted by atomic mass is 10.2. The van der Waals surface area contributed by atoms with Gasteiger partial charge in [0.05, 0.1) is 6.04 Å². The van der Waals surface area contributed by atoms with E-state index in [-0.39, 0.29) is 11.9 Å². The summed E-state index contributed by atoms with van der Waals surface area (Å²) in [5.41, 5.74) is 0.768. The molecular weight excluding hydrogens is 414 g/mol. The minimum absolute atomic E-state index is 0.00703. The Kier molecular flexibility index (Phi) is 7.95. The van der Waals surface area contributed by atoms with Gasteiger partial charge >= 0.3 is 0 Å². The molecule has 1 aliphatic rings.